The molecule has 0 aliphatic rings. The van der Waals surface area contributed by atoms with E-state index in [9.17, 15) is 4.39 Å². The quantitative estimate of drug-likeness (QED) is 0.235. The van der Waals surface area contributed by atoms with Crippen molar-refractivity contribution in [2.75, 3.05) is 12.4 Å². The maximum absolute atomic E-state index is 12.6. The first-order chi connectivity index (χ1) is 12.2. The Balaban J connectivity index is 2.35. The number of thioether (sulfide) groups is 1. The van der Waals surface area contributed by atoms with E-state index in [0.29, 0.717) is 5.75 Å². The number of fused-ring (bicyclic) bond motifs is 1. The number of hydrogen-bond donors (Lipinski definition) is 0. The second-order valence-electron chi connectivity index (χ2n) is 6.99. The summed E-state index contributed by atoms with van der Waals surface area (Å²) in [5.74, 6) is 0.510. The number of unbranched alkanes of at least 4 members (excludes halogenated alkanes) is 3. The third-order valence-corrected chi connectivity index (χ3v) is 25.4. The van der Waals surface area contributed by atoms with Gasteiger partial charge in [0, 0.05) is 0 Å². The summed E-state index contributed by atoms with van der Waals surface area (Å²) in [5.41, 5.74) is 0. The van der Waals surface area contributed by atoms with Gasteiger partial charge in [-0.05, 0) is 0 Å². The van der Waals surface area contributed by atoms with E-state index in [1.165, 1.54) is 56.7 Å². The van der Waals surface area contributed by atoms with Crippen LogP contribution < -0.4 is 2.89 Å². The second kappa shape index (κ2) is 11.2. The summed E-state index contributed by atoms with van der Waals surface area (Å²) in [7, 11) is 0. The molecule has 0 unspecified atom stereocenters. The molecular weight excluding hydrogens is 458 g/mol. The molecule has 0 aliphatic heterocycles. The van der Waals surface area contributed by atoms with Gasteiger partial charge in [0.25, 0.3) is 0 Å². The maximum atomic E-state index is 12.6. The number of nitrogens with zero attached hydrogens (tertiary/aromatic N) is 2. The van der Waals surface area contributed by atoms with Crippen molar-refractivity contribution >= 4 is 49.2 Å². The molecule has 6 heteroatoms. The molecule has 2 nitrogen and oxygen atoms in total. The predicted octanol–water partition coefficient (Wildman–Crippen LogP) is 6.51. The van der Waals surface area contributed by atoms with Crippen LogP contribution in [0.1, 0.15) is 59.3 Å². The van der Waals surface area contributed by atoms with Gasteiger partial charge in [0.2, 0.25) is 0 Å². The van der Waals surface area contributed by atoms with Crippen molar-refractivity contribution in [3.8, 4) is 0 Å². The van der Waals surface area contributed by atoms with E-state index in [2.05, 4.69) is 36.4 Å². The van der Waals surface area contributed by atoms with Crippen LogP contribution in [0.2, 0.25) is 13.3 Å². The summed E-state index contributed by atoms with van der Waals surface area (Å²) in [5, 5.41) is 1.02. The molecule has 0 aromatic carbocycles. The number of aromatic nitrogens is 2. The molecule has 142 valence electrons. The molecule has 2 rings (SSSR count). The summed E-state index contributed by atoms with van der Waals surface area (Å²) in [6, 6.07) is 0. The monoisotopic (exact) mass is 492 g/mol. The molecule has 2 aromatic heterocycles. The van der Waals surface area contributed by atoms with Crippen LogP contribution in [-0.2, 0) is 0 Å². The minimum atomic E-state index is -2.35. The third kappa shape index (κ3) is 5.61. The van der Waals surface area contributed by atoms with E-state index in [-0.39, 0.29) is 6.67 Å². The number of halogens is 1. The van der Waals surface area contributed by atoms with Crippen molar-refractivity contribution in [3.05, 3.63) is 12.5 Å². The fourth-order valence-corrected chi connectivity index (χ4v) is 24.4. The predicted molar refractivity (Wildman–Crippen MR) is 114 cm³/mol. The van der Waals surface area contributed by atoms with Crippen LogP contribution in [0.15, 0.2) is 17.6 Å². The molecule has 0 atom stereocenters. The van der Waals surface area contributed by atoms with Crippen LogP contribution in [0.25, 0.3) is 4.83 Å². The molecule has 0 spiro atoms. The zero-order valence-electron chi connectivity index (χ0n) is 16.0. The molecule has 0 aliphatic carbocycles. The van der Waals surface area contributed by atoms with Crippen molar-refractivity contribution in [2.45, 2.75) is 77.6 Å². The van der Waals surface area contributed by atoms with Crippen LogP contribution in [0.4, 0.5) is 4.39 Å². The molecule has 0 saturated heterocycles. The molecule has 0 bridgehead atoms. The molecule has 2 aromatic rings. The zero-order chi connectivity index (χ0) is 18.1. The van der Waals surface area contributed by atoms with Gasteiger partial charge in [0.15, 0.2) is 0 Å². The standard InChI is InChI=1S/C7H6FN2S2.3C4H9.Sn/c8-1-3-11-6-7-10(5-9-6)2-4-12-7;3*1-3-4-2;/h2,5H,1,3H2;3*1,3-4H2,2H3;. The summed E-state index contributed by atoms with van der Waals surface area (Å²) in [6.07, 6.45) is 12.4. The topological polar surface area (TPSA) is 17.3 Å². The fourth-order valence-electron chi connectivity index (χ4n) is 3.55. The van der Waals surface area contributed by atoms with Crippen LogP contribution in [0.5, 0.6) is 0 Å². The van der Waals surface area contributed by atoms with Gasteiger partial charge in [-0.1, -0.05) is 0 Å². The molecule has 0 amide bonds. The fraction of sp³-hybridized carbons (Fsp3) is 0.737. The molecule has 0 saturated carbocycles. The Bertz CT molecular complexity index is 604. The van der Waals surface area contributed by atoms with Gasteiger partial charge >= 0.3 is 166 Å². The van der Waals surface area contributed by atoms with E-state index in [4.69, 9.17) is 0 Å². The first kappa shape index (κ1) is 21.5. The molecule has 0 radical (unpaired) electrons. The summed E-state index contributed by atoms with van der Waals surface area (Å²) in [6.45, 7) is 6.69. The van der Waals surface area contributed by atoms with E-state index in [1.54, 1.807) is 14.7 Å². The molecule has 25 heavy (non-hydrogen) atoms. The van der Waals surface area contributed by atoms with Crippen LogP contribution in [-0.4, -0.2) is 40.2 Å². The van der Waals surface area contributed by atoms with E-state index in [0.717, 1.165) is 5.03 Å². The number of hydrogen-bond acceptors (Lipinski definition) is 3. The third-order valence-electron chi connectivity index (χ3n) is 5.05. The summed E-state index contributed by atoms with van der Waals surface area (Å²) < 4.78 is 21.0. The molecule has 0 N–H and O–H groups in total. The van der Waals surface area contributed by atoms with Crippen LogP contribution in [0.3, 0.4) is 0 Å². The number of rotatable bonds is 13. The van der Waals surface area contributed by atoms with Crippen molar-refractivity contribution in [1.29, 1.82) is 0 Å². The first-order valence-corrected chi connectivity index (χ1v) is 19.1. The minimum absolute atomic E-state index is 0.283. The Morgan fingerprint density at radius 3 is 2.20 bits per heavy atom. The van der Waals surface area contributed by atoms with Crippen LogP contribution >= 0.6 is 23.1 Å². The van der Waals surface area contributed by atoms with Gasteiger partial charge in [0.05, 0.1) is 0 Å². The van der Waals surface area contributed by atoms with Crippen molar-refractivity contribution in [3.63, 3.8) is 0 Å². The first-order valence-electron chi connectivity index (χ1n) is 9.86. The number of alkyl halides is 1. The Hall–Kier alpha value is 0.249. The Kier molecular flexibility index (Phi) is 9.63. The van der Waals surface area contributed by atoms with Crippen molar-refractivity contribution < 1.29 is 4.39 Å². The molecule has 2 heterocycles. The number of thiazole rings is 1. The van der Waals surface area contributed by atoms with Crippen molar-refractivity contribution in [2.24, 2.45) is 0 Å². The van der Waals surface area contributed by atoms with Gasteiger partial charge in [0.1, 0.15) is 0 Å². The van der Waals surface area contributed by atoms with Gasteiger partial charge in [-0.15, -0.1) is 0 Å². The molecule has 0 fully saturated rings. The average molecular weight is 491 g/mol. The normalized spacial score (nSPS) is 12.3. The van der Waals surface area contributed by atoms with Crippen LogP contribution in [0, 0.1) is 0 Å². The SMILES string of the molecule is CCC[CH2][Sn]([CH2]CCC)([CH2]CCC)[c]1cn2cnc(SCCF)c2s1. The Morgan fingerprint density at radius 2 is 1.68 bits per heavy atom. The van der Waals surface area contributed by atoms with Gasteiger partial charge in [-0.3, -0.25) is 0 Å². The zero-order valence-corrected chi connectivity index (χ0v) is 20.5. The van der Waals surface area contributed by atoms with Gasteiger partial charge in [-0.2, -0.15) is 0 Å². The van der Waals surface area contributed by atoms with E-state index in [1.807, 2.05) is 17.7 Å². The summed E-state index contributed by atoms with van der Waals surface area (Å²) in [4.78, 5) is 5.74. The van der Waals surface area contributed by atoms with Crippen molar-refractivity contribution in [1.82, 2.24) is 9.38 Å². The Morgan fingerprint density at radius 1 is 1.08 bits per heavy atom. The van der Waals surface area contributed by atoms with Gasteiger partial charge < -0.3 is 0 Å². The van der Waals surface area contributed by atoms with Gasteiger partial charge in [-0.25, -0.2) is 0 Å². The van der Waals surface area contributed by atoms with E-state index >= 15 is 0 Å². The molecular formula is C19H33FN2S2Sn. The summed E-state index contributed by atoms with van der Waals surface area (Å²) >= 11 is 1.20. The second-order valence-corrected chi connectivity index (χ2v) is 23.3. The Labute approximate surface area is 164 Å². The number of imidazole rings is 1. The van der Waals surface area contributed by atoms with E-state index < -0.39 is 18.4 Å². The average Bonchev–Trinajstić information content (AvgIpc) is 3.21.